The molecule has 2 bridgehead atoms. The molecule has 1 amide bonds. The first-order chi connectivity index (χ1) is 16.2. The molecule has 176 valence electrons. The van der Waals surface area contributed by atoms with Crippen molar-refractivity contribution in [3.63, 3.8) is 0 Å². The second-order valence-corrected chi connectivity index (χ2v) is 9.67. The highest BCUT2D eigenvalue weighted by Gasteiger charge is 2.65. The highest BCUT2D eigenvalue weighted by atomic mass is 19.1. The quantitative estimate of drug-likeness (QED) is 0.598. The molecule has 0 aliphatic heterocycles. The Morgan fingerprint density at radius 2 is 1.97 bits per heavy atom. The highest BCUT2D eigenvalue weighted by molar-refractivity contribution is 5.90. The number of hydrogen-bond donors (Lipinski definition) is 2. The van der Waals surface area contributed by atoms with Crippen molar-refractivity contribution in [1.82, 2.24) is 25.5 Å². The highest BCUT2D eigenvalue weighted by Crippen LogP contribution is 2.69. The van der Waals surface area contributed by atoms with Gasteiger partial charge >= 0.3 is 0 Å². The van der Waals surface area contributed by atoms with Crippen molar-refractivity contribution in [3.05, 3.63) is 70.9 Å². The molecule has 2 heterocycles. The van der Waals surface area contributed by atoms with Crippen LogP contribution in [0.3, 0.4) is 0 Å². The van der Waals surface area contributed by atoms with E-state index in [9.17, 15) is 18.7 Å². The standard InChI is InChI=1S/C25H25F2N5O2/c1-13(33)12-29-23(34)22-28-10-8-19(30-22)25-9-7-15(24(25,2)3)14-11-18(31-32-21(14)25)20-16(26)5-4-6-17(20)27/h4-6,8,10-11,13,15,33H,7,9,12H2,1-3H3,(H,29,34)/t13?,15-,25+/m0/s1. The van der Waals surface area contributed by atoms with Crippen LogP contribution in [0.15, 0.2) is 36.5 Å². The molecular formula is C25H25F2N5O2. The summed E-state index contributed by atoms with van der Waals surface area (Å²) in [7, 11) is 0. The molecule has 34 heavy (non-hydrogen) atoms. The van der Waals surface area contributed by atoms with Crippen molar-refractivity contribution in [2.75, 3.05) is 6.54 Å². The van der Waals surface area contributed by atoms with E-state index in [2.05, 4.69) is 39.3 Å². The summed E-state index contributed by atoms with van der Waals surface area (Å²) in [6.45, 7) is 5.93. The fourth-order valence-corrected chi connectivity index (χ4v) is 5.78. The SMILES string of the molecule is CC(O)CNC(=O)c1nccc([C@]23CC[C@@H](c4cc(-c5c(F)cccc5F)nnc42)C3(C)C)n1. The monoisotopic (exact) mass is 465 g/mol. The Morgan fingerprint density at radius 3 is 2.68 bits per heavy atom. The van der Waals surface area contributed by atoms with Crippen LogP contribution >= 0.6 is 0 Å². The number of aromatic nitrogens is 4. The zero-order valence-corrected chi connectivity index (χ0v) is 19.1. The normalized spacial score (nSPS) is 22.9. The van der Waals surface area contributed by atoms with Crippen LogP contribution < -0.4 is 5.32 Å². The molecular weight excluding hydrogens is 440 g/mol. The predicted octanol–water partition coefficient (Wildman–Crippen LogP) is 3.53. The van der Waals surface area contributed by atoms with E-state index in [1.54, 1.807) is 25.3 Å². The molecule has 3 atom stereocenters. The van der Waals surface area contributed by atoms with Crippen LogP contribution in [-0.4, -0.2) is 43.8 Å². The molecule has 9 heteroatoms. The van der Waals surface area contributed by atoms with E-state index in [1.807, 2.05) is 0 Å². The van der Waals surface area contributed by atoms with Gasteiger partial charge in [0.15, 0.2) is 0 Å². The number of carbonyl (C=O) groups is 1. The van der Waals surface area contributed by atoms with Gasteiger partial charge < -0.3 is 10.4 Å². The summed E-state index contributed by atoms with van der Waals surface area (Å²) in [6, 6.07) is 7.26. The molecule has 7 nitrogen and oxygen atoms in total. The zero-order chi connectivity index (χ0) is 24.3. The Balaban J connectivity index is 1.61. The molecule has 0 spiro atoms. The van der Waals surface area contributed by atoms with Gasteiger partial charge in [-0.1, -0.05) is 19.9 Å². The van der Waals surface area contributed by atoms with Gasteiger partial charge in [0.05, 0.1) is 34.2 Å². The minimum Gasteiger partial charge on any atom is -0.392 e. The summed E-state index contributed by atoms with van der Waals surface area (Å²) in [5, 5.41) is 20.8. The number of hydrogen-bond acceptors (Lipinski definition) is 6. The Kier molecular flexibility index (Phi) is 5.20. The number of nitrogens with one attached hydrogen (secondary N) is 1. The Hall–Kier alpha value is -3.33. The molecule has 2 N–H and O–H groups in total. The number of fused-ring (bicyclic) bond motifs is 5. The van der Waals surface area contributed by atoms with Crippen molar-refractivity contribution >= 4 is 5.91 Å². The molecule has 1 aromatic carbocycles. The van der Waals surface area contributed by atoms with Crippen LogP contribution in [-0.2, 0) is 5.41 Å². The molecule has 5 rings (SSSR count). The van der Waals surface area contributed by atoms with Crippen LogP contribution in [0.1, 0.15) is 67.1 Å². The van der Waals surface area contributed by atoms with Crippen molar-refractivity contribution in [1.29, 1.82) is 0 Å². The number of aliphatic hydroxyl groups is 1. The number of benzene rings is 1. The summed E-state index contributed by atoms with van der Waals surface area (Å²) >= 11 is 0. The van der Waals surface area contributed by atoms with Crippen LogP contribution in [0.2, 0.25) is 0 Å². The summed E-state index contributed by atoms with van der Waals surface area (Å²) in [6.07, 6.45) is 2.46. The van der Waals surface area contributed by atoms with Gasteiger partial charge in [-0.25, -0.2) is 18.7 Å². The Labute approximate surface area is 195 Å². The van der Waals surface area contributed by atoms with Gasteiger partial charge in [0.1, 0.15) is 11.6 Å². The van der Waals surface area contributed by atoms with E-state index in [0.29, 0.717) is 5.69 Å². The van der Waals surface area contributed by atoms with Crippen molar-refractivity contribution < 1.29 is 18.7 Å². The summed E-state index contributed by atoms with van der Waals surface area (Å²) in [5.41, 5.74) is 1.33. The second kappa shape index (κ2) is 7.87. The molecule has 3 aromatic rings. The van der Waals surface area contributed by atoms with Crippen LogP contribution in [0.4, 0.5) is 8.78 Å². The number of rotatable bonds is 5. The fraction of sp³-hybridized carbons (Fsp3) is 0.400. The third kappa shape index (κ3) is 3.14. The smallest absolute Gasteiger partial charge is 0.289 e. The zero-order valence-electron chi connectivity index (χ0n) is 19.1. The van der Waals surface area contributed by atoms with Crippen LogP contribution in [0, 0.1) is 17.0 Å². The van der Waals surface area contributed by atoms with Gasteiger partial charge in [0.25, 0.3) is 5.91 Å². The molecule has 1 fully saturated rings. The van der Waals surface area contributed by atoms with Gasteiger partial charge in [-0.3, -0.25) is 4.79 Å². The summed E-state index contributed by atoms with van der Waals surface area (Å²) in [5.74, 6) is -1.74. The number of carbonyl (C=O) groups excluding carboxylic acids is 1. The van der Waals surface area contributed by atoms with E-state index in [1.165, 1.54) is 18.2 Å². The van der Waals surface area contributed by atoms with Gasteiger partial charge in [0.2, 0.25) is 5.82 Å². The van der Waals surface area contributed by atoms with Crippen molar-refractivity contribution in [2.24, 2.45) is 5.41 Å². The molecule has 0 saturated heterocycles. The fourth-order valence-electron chi connectivity index (χ4n) is 5.78. The first-order valence-electron chi connectivity index (χ1n) is 11.3. The summed E-state index contributed by atoms with van der Waals surface area (Å²) < 4.78 is 28.8. The van der Waals surface area contributed by atoms with Gasteiger partial charge in [-0.2, -0.15) is 5.10 Å². The molecule has 0 radical (unpaired) electrons. The van der Waals surface area contributed by atoms with Crippen molar-refractivity contribution in [2.45, 2.75) is 51.0 Å². The second-order valence-electron chi connectivity index (χ2n) is 9.67. The topological polar surface area (TPSA) is 101 Å². The molecule has 2 aliphatic rings. The maximum absolute atomic E-state index is 14.4. The lowest BCUT2D eigenvalue weighted by molar-refractivity contribution is 0.0912. The lowest BCUT2D eigenvalue weighted by atomic mass is 9.66. The summed E-state index contributed by atoms with van der Waals surface area (Å²) in [4.78, 5) is 21.3. The lowest BCUT2D eigenvalue weighted by Gasteiger charge is -2.37. The molecule has 2 aromatic heterocycles. The Bertz CT molecular complexity index is 1280. The third-order valence-corrected chi connectivity index (χ3v) is 7.46. The van der Waals surface area contributed by atoms with E-state index in [0.717, 1.165) is 24.1 Å². The van der Waals surface area contributed by atoms with E-state index in [4.69, 9.17) is 0 Å². The van der Waals surface area contributed by atoms with E-state index in [-0.39, 0.29) is 35.0 Å². The molecule has 1 saturated carbocycles. The van der Waals surface area contributed by atoms with E-state index >= 15 is 0 Å². The van der Waals surface area contributed by atoms with Gasteiger partial charge in [0, 0.05) is 12.7 Å². The number of amides is 1. The van der Waals surface area contributed by atoms with Crippen LogP contribution in [0.5, 0.6) is 0 Å². The first-order valence-corrected chi connectivity index (χ1v) is 11.3. The average Bonchev–Trinajstić information content (AvgIpc) is 3.18. The number of aliphatic hydroxyl groups excluding tert-OH is 1. The largest absolute Gasteiger partial charge is 0.392 e. The maximum Gasteiger partial charge on any atom is 0.289 e. The van der Waals surface area contributed by atoms with Gasteiger partial charge in [-0.05, 0) is 60.9 Å². The first kappa shape index (κ1) is 22.5. The lowest BCUT2D eigenvalue weighted by Crippen LogP contribution is -2.39. The maximum atomic E-state index is 14.4. The number of halogens is 2. The van der Waals surface area contributed by atoms with E-state index < -0.39 is 29.1 Å². The molecule has 2 aliphatic carbocycles. The minimum atomic E-state index is -0.689. The average molecular weight is 466 g/mol. The third-order valence-electron chi connectivity index (χ3n) is 7.46. The van der Waals surface area contributed by atoms with Crippen LogP contribution in [0.25, 0.3) is 11.3 Å². The molecule has 1 unspecified atom stereocenters. The number of nitrogens with zero attached hydrogens (tertiary/aromatic N) is 4. The Morgan fingerprint density at radius 1 is 1.24 bits per heavy atom. The predicted molar refractivity (Wildman–Crippen MR) is 120 cm³/mol. The minimum absolute atomic E-state index is 0.0123. The van der Waals surface area contributed by atoms with Gasteiger partial charge in [-0.15, -0.1) is 5.10 Å². The van der Waals surface area contributed by atoms with Crippen molar-refractivity contribution in [3.8, 4) is 11.3 Å².